The first-order valence-corrected chi connectivity index (χ1v) is 12.0. The van der Waals surface area contributed by atoms with Crippen LogP contribution in [0.5, 0.6) is 5.75 Å². The topological polar surface area (TPSA) is 89.0 Å². The van der Waals surface area contributed by atoms with Gasteiger partial charge in [-0.1, -0.05) is 30.3 Å². The third-order valence-electron chi connectivity index (χ3n) is 6.57. The number of aliphatic imine (C=N–C) groups is 1. The molecule has 2 aromatic rings. The van der Waals surface area contributed by atoms with E-state index in [4.69, 9.17) is 0 Å². The molecule has 2 atom stereocenters. The number of hydrogen-bond donors (Lipinski definition) is 4. The minimum atomic E-state index is -0.162. The number of phenols is 1. The molecule has 0 spiro atoms. The van der Waals surface area contributed by atoms with Crippen molar-refractivity contribution in [1.29, 1.82) is 0 Å². The SMILES string of the molecule is CCNC(=NCCNC(=O)c1ccc(O)cc1)NC1CC2CCC(C1)N2Cc1ccccc1. The van der Waals surface area contributed by atoms with Crippen LogP contribution >= 0.6 is 0 Å². The molecule has 2 aliphatic rings. The summed E-state index contributed by atoms with van der Waals surface area (Å²) in [7, 11) is 0. The van der Waals surface area contributed by atoms with E-state index in [9.17, 15) is 9.90 Å². The Hall–Kier alpha value is -3.06. The van der Waals surface area contributed by atoms with E-state index in [2.05, 4.69) is 63.1 Å². The molecular formula is C26H35N5O2. The minimum absolute atomic E-state index is 0.150. The maximum absolute atomic E-state index is 12.2. The van der Waals surface area contributed by atoms with Crippen LogP contribution in [0.15, 0.2) is 59.6 Å². The van der Waals surface area contributed by atoms with Gasteiger partial charge >= 0.3 is 0 Å². The van der Waals surface area contributed by atoms with E-state index in [1.165, 1.54) is 30.5 Å². The molecule has 7 nitrogen and oxygen atoms in total. The fraction of sp³-hybridized carbons (Fsp3) is 0.462. The summed E-state index contributed by atoms with van der Waals surface area (Å²) in [5.41, 5.74) is 1.92. The number of rotatable bonds is 8. The summed E-state index contributed by atoms with van der Waals surface area (Å²) in [4.78, 5) is 19.6. The van der Waals surface area contributed by atoms with Crippen LogP contribution in [-0.4, -0.2) is 59.6 Å². The number of nitrogens with zero attached hydrogens (tertiary/aromatic N) is 2. The van der Waals surface area contributed by atoms with Gasteiger partial charge < -0.3 is 21.1 Å². The molecule has 1 amide bonds. The van der Waals surface area contributed by atoms with Gasteiger partial charge in [0, 0.05) is 43.3 Å². The summed E-state index contributed by atoms with van der Waals surface area (Å²) in [6, 6.07) is 18.7. The third-order valence-corrected chi connectivity index (χ3v) is 6.57. The average Bonchev–Trinajstić information content (AvgIpc) is 3.05. The van der Waals surface area contributed by atoms with E-state index in [-0.39, 0.29) is 11.7 Å². The maximum atomic E-state index is 12.2. The zero-order valence-electron chi connectivity index (χ0n) is 19.3. The standard InChI is InChI=1S/C26H35N5O2/c1-2-27-26(29-15-14-28-25(33)20-8-12-24(32)13-9-20)30-21-16-22-10-11-23(17-21)31(22)18-19-6-4-3-5-7-19/h3-9,12-13,21-23,32H,2,10-11,14-18H2,1H3,(H,28,33)(H2,27,29,30). The highest BCUT2D eigenvalue weighted by molar-refractivity contribution is 5.94. The lowest BCUT2D eigenvalue weighted by Crippen LogP contribution is -2.52. The van der Waals surface area contributed by atoms with E-state index in [1.807, 2.05) is 0 Å². The Morgan fingerprint density at radius 2 is 1.73 bits per heavy atom. The van der Waals surface area contributed by atoms with Gasteiger partial charge in [0.25, 0.3) is 5.91 Å². The van der Waals surface area contributed by atoms with Crippen LogP contribution in [0.1, 0.15) is 48.5 Å². The van der Waals surface area contributed by atoms with Gasteiger partial charge in [-0.15, -0.1) is 0 Å². The number of carbonyl (C=O) groups excluding carboxylic acids is 1. The number of benzene rings is 2. The number of fused-ring (bicyclic) bond motifs is 2. The van der Waals surface area contributed by atoms with Crippen molar-refractivity contribution in [1.82, 2.24) is 20.9 Å². The summed E-state index contributed by atoms with van der Waals surface area (Å²) in [6.45, 7) is 4.86. The van der Waals surface area contributed by atoms with E-state index in [0.29, 0.717) is 36.8 Å². The molecule has 2 heterocycles. The molecule has 2 unspecified atom stereocenters. The molecule has 0 aromatic heterocycles. The lowest BCUT2D eigenvalue weighted by Gasteiger charge is -2.39. The van der Waals surface area contributed by atoms with Gasteiger partial charge in [0.1, 0.15) is 5.75 Å². The summed E-state index contributed by atoms with van der Waals surface area (Å²) < 4.78 is 0. The quantitative estimate of drug-likeness (QED) is 0.283. The van der Waals surface area contributed by atoms with Crippen LogP contribution in [0, 0.1) is 0 Å². The Bertz CT molecular complexity index is 917. The van der Waals surface area contributed by atoms with Crippen LogP contribution in [0.2, 0.25) is 0 Å². The van der Waals surface area contributed by atoms with Crippen molar-refractivity contribution in [3.8, 4) is 5.75 Å². The van der Waals surface area contributed by atoms with Crippen molar-refractivity contribution in [2.24, 2.45) is 4.99 Å². The van der Waals surface area contributed by atoms with Crippen molar-refractivity contribution in [3.05, 3.63) is 65.7 Å². The van der Waals surface area contributed by atoms with Crippen molar-refractivity contribution in [3.63, 3.8) is 0 Å². The van der Waals surface area contributed by atoms with Gasteiger partial charge in [0.2, 0.25) is 0 Å². The molecule has 33 heavy (non-hydrogen) atoms. The molecule has 2 aliphatic heterocycles. The zero-order chi connectivity index (χ0) is 23.0. The molecule has 2 bridgehead atoms. The predicted octanol–water partition coefficient (Wildman–Crippen LogP) is 2.87. The van der Waals surface area contributed by atoms with E-state index >= 15 is 0 Å². The predicted molar refractivity (Wildman–Crippen MR) is 131 cm³/mol. The minimum Gasteiger partial charge on any atom is -0.508 e. The molecule has 4 N–H and O–H groups in total. The summed E-state index contributed by atoms with van der Waals surface area (Å²) >= 11 is 0. The van der Waals surface area contributed by atoms with Crippen LogP contribution in [0.25, 0.3) is 0 Å². The Kier molecular flexibility index (Phi) is 7.83. The number of nitrogens with one attached hydrogen (secondary N) is 3. The second kappa shape index (κ2) is 11.2. The fourth-order valence-electron chi connectivity index (χ4n) is 5.01. The number of piperidine rings is 1. The van der Waals surface area contributed by atoms with Crippen LogP contribution in [-0.2, 0) is 6.54 Å². The van der Waals surface area contributed by atoms with Gasteiger partial charge in [-0.2, -0.15) is 0 Å². The number of amides is 1. The zero-order valence-corrected chi connectivity index (χ0v) is 19.3. The summed E-state index contributed by atoms with van der Waals surface area (Å²) in [6.07, 6.45) is 4.80. The second-order valence-corrected chi connectivity index (χ2v) is 8.92. The first-order valence-electron chi connectivity index (χ1n) is 12.0. The Balaban J connectivity index is 1.26. The molecule has 4 rings (SSSR count). The van der Waals surface area contributed by atoms with E-state index in [1.54, 1.807) is 12.1 Å². The van der Waals surface area contributed by atoms with E-state index in [0.717, 1.165) is 31.9 Å². The van der Waals surface area contributed by atoms with Crippen molar-refractivity contribution in [2.45, 2.75) is 57.3 Å². The molecule has 0 saturated carbocycles. The Labute approximate surface area is 196 Å². The molecule has 0 radical (unpaired) electrons. The normalized spacial score (nSPS) is 22.7. The van der Waals surface area contributed by atoms with Crippen molar-refractivity contribution in [2.75, 3.05) is 19.6 Å². The highest BCUT2D eigenvalue weighted by atomic mass is 16.3. The van der Waals surface area contributed by atoms with Gasteiger partial charge in [-0.3, -0.25) is 14.7 Å². The first kappa shape index (κ1) is 23.1. The monoisotopic (exact) mass is 449 g/mol. The lowest BCUT2D eigenvalue weighted by atomic mass is 9.96. The van der Waals surface area contributed by atoms with Gasteiger partial charge in [0.15, 0.2) is 5.96 Å². The largest absolute Gasteiger partial charge is 0.508 e. The number of hydrogen-bond acceptors (Lipinski definition) is 4. The lowest BCUT2D eigenvalue weighted by molar-refractivity contribution is 0.0954. The Morgan fingerprint density at radius 1 is 1.03 bits per heavy atom. The van der Waals surface area contributed by atoms with Crippen molar-refractivity contribution < 1.29 is 9.90 Å². The molecular weight excluding hydrogens is 414 g/mol. The van der Waals surface area contributed by atoms with Crippen LogP contribution < -0.4 is 16.0 Å². The number of carbonyl (C=O) groups is 1. The fourth-order valence-corrected chi connectivity index (χ4v) is 5.01. The molecule has 2 saturated heterocycles. The number of guanidine groups is 1. The van der Waals surface area contributed by atoms with Gasteiger partial charge in [-0.05, 0) is 62.4 Å². The molecule has 0 aliphatic carbocycles. The first-order chi connectivity index (χ1) is 16.1. The van der Waals surface area contributed by atoms with Crippen LogP contribution in [0.3, 0.4) is 0 Å². The highest BCUT2D eigenvalue weighted by Crippen LogP contribution is 2.36. The highest BCUT2D eigenvalue weighted by Gasteiger charge is 2.40. The van der Waals surface area contributed by atoms with E-state index < -0.39 is 0 Å². The third kappa shape index (κ3) is 6.26. The average molecular weight is 450 g/mol. The molecule has 2 aromatic carbocycles. The summed E-state index contributed by atoms with van der Waals surface area (Å²) in [5, 5.41) is 19.2. The number of aromatic hydroxyl groups is 1. The van der Waals surface area contributed by atoms with Crippen LogP contribution in [0.4, 0.5) is 0 Å². The Morgan fingerprint density at radius 3 is 2.39 bits per heavy atom. The molecule has 176 valence electrons. The van der Waals surface area contributed by atoms with Gasteiger partial charge in [0.05, 0.1) is 6.54 Å². The number of phenolic OH excluding ortho intramolecular Hbond substituents is 1. The second-order valence-electron chi connectivity index (χ2n) is 8.92. The van der Waals surface area contributed by atoms with Gasteiger partial charge in [-0.25, -0.2) is 0 Å². The van der Waals surface area contributed by atoms with Crippen molar-refractivity contribution >= 4 is 11.9 Å². The molecule has 7 heteroatoms. The molecule has 2 fully saturated rings. The maximum Gasteiger partial charge on any atom is 0.251 e. The summed E-state index contributed by atoms with van der Waals surface area (Å²) in [5.74, 6) is 0.805. The smallest absolute Gasteiger partial charge is 0.251 e.